The zero-order valence-electron chi connectivity index (χ0n) is 10.5. The number of carbonyl (C=O) groups is 1. The molecule has 1 aromatic carbocycles. The van der Waals surface area contributed by atoms with Crippen molar-refractivity contribution in [2.75, 3.05) is 6.61 Å². The first-order valence-corrected chi connectivity index (χ1v) is 6.83. The smallest absolute Gasteiger partial charge is 0.361 e. The zero-order chi connectivity index (χ0) is 14.1. The van der Waals surface area contributed by atoms with Gasteiger partial charge >= 0.3 is 5.97 Å². The van der Waals surface area contributed by atoms with Gasteiger partial charge in [0.15, 0.2) is 5.69 Å². The summed E-state index contributed by atoms with van der Waals surface area (Å²) in [5.41, 5.74) is 0.898. The lowest BCUT2D eigenvalue weighted by Gasteiger charge is -2.03. The number of carbonyl (C=O) groups excluding carboxylic acids is 1. The Morgan fingerprint density at radius 1 is 1.45 bits per heavy atom. The van der Waals surface area contributed by atoms with E-state index in [0.717, 1.165) is 10.1 Å². The number of fused-ring (bicyclic) bond motifs is 1. The van der Waals surface area contributed by atoms with Gasteiger partial charge in [-0.05, 0) is 35.9 Å². The van der Waals surface area contributed by atoms with Crippen LogP contribution in [0.15, 0.2) is 23.6 Å². The minimum absolute atomic E-state index is 0.0622. The first-order chi connectivity index (χ1) is 9.70. The van der Waals surface area contributed by atoms with E-state index in [1.807, 2.05) is 11.4 Å². The zero-order valence-corrected chi connectivity index (χ0v) is 11.3. The van der Waals surface area contributed by atoms with E-state index in [0.29, 0.717) is 11.3 Å². The number of halogens is 1. The molecule has 0 spiro atoms. The molecule has 0 atom stereocenters. The molecule has 0 aliphatic carbocycles. The maximum absolute atomic E-state index is 13.7. The predicted molar refractivity (Wildman–Crippen MR) is 73.1 cm³/mol. The van der Waals surface area contributed by atoms with E-state index in [-0.39, 0.29) is 18.1 Å². The quantitative estimate of drug-likeness (QED) is 0.753. The molecule has 102 valence electrons. The Hall–Kier alpha value is -2.28. The van der Waals surface area contributed by atoms with E-state index >= 15 is 0 Å². The molecule has 1 N–H and O–H groups in total. The van der Waals surface area contributed by atoms with E-state index in [9.17, 15) is 9.18 Å². The van der Waals surface area contributed by atoms with Crippen LogP contribution in [0.25, 0.3) is 21.3 Å². The molecular weight excluding hydrogens is 281 g/mol. The van der Waals surface area contributed by atoms with Crippen LogP contribution in [0.2, 0.25) is 0 Å². The summed E-state index contributed by atoms with van der Waals surface area (Å²) >= 11 is 1.45. The second kappa shape index (κ2) is 5.01. The Morgan fingerprint density at radius 3 is 3.10 bits per heavy atom. The third-order valence-electron chi connectivity index (χ3n) is 2.79. The first-order valence-electron chi connectivity index (χ1n) is 5.95. The first kappa shape index (κ1) is 12.7. The van der Waals surface area contributed by atoms with Gasteiger partial charge in [0.2, 0.25) is 0 Å². The number of hydrogen-bond donors (Lipinski definition) is 1. The molecule has 7 heteroatoms. The molecule has 3 rings (SSSR count). The minimum atomic E-state index is -0.579. The fourth-order valence-corrected chi connectivity index (χ4v) is 2.88. The molecule has 0 amide bonds. The Morgan fingerprint density at radius 2 is 2.30 bits per heavy atom. The number of thiophene rings is 1. The monoisotopic (exact) mass is 291 g/mol. The third-order valence-corrected chi connectivity index (χ3v) is 3.75. The Bertz CT molecular complexity index is 781. The lowest BCUT2D eigenvalue weighted by molar-refractivity contribution is 0.0520. The van der Waals surface area contributed by atoms with Gasteiger partial charge in [-0.2, -0.15) is 10.3 Å². The SMILES string of the molecule is CCOC(=O)c1n[nH]nc1-c1cc(F)cc2ccsc12. The van der Waals surface area contributed by atoms with Crippen molar-refractivity contribution in [1.82, 2.24) is 15.4 Å². The van der Waals surface area contributed by atoms with Gasteiger partial charge in [-0.3, -0.25) is 0 Å². The van der Waals surface area contributed by atoms with Crippen LogP contribution in [0.5, 0.6) is 0 Å². The van der Waals surface area contributed by atoms with E-state index < -0.39 is 5.97 Å². The number of benzene rings is 1. The van der Waals surface area contributed by atoms with Crippen LogP contribution < -0.4 is 0 Å². The predicted octanol–water partition coefficient (Wildman–Crippen LogP) is 3.00. The number of esters is 1. The van der Waals surface area contributed by atoms with Gasteiger partial charge in [-0.1, -0.05) is 0 Å². The average molecular weight is 291 g/mol. The van der Waals surface area contributed by atoms with Crippen LogP contribution in [0.4, 0.5) is 4.39 Å². The number of nitrogens with zero attached hydrogens (tertiary/aromatic N) is 2. The van der Waals surface area contributed by atoms with E-state index in [1.165, 1.54) is 23.5 Å². The molecule has 3 aromatic rings. The van der Waals surface area contributed by atoms with Crippen molar-refractivity contribution < 1.29 is 13.9 Å². The molecule has 0 fully saturated rings. The molecular formula is C13H10FN3O2S. The van der Waals surface area contributed by atoms with Crippen molar-refractivity contribution in [3.05, 3.63) is 35.1 Å². The van der Waals surface area contributed by atoms with Crippen molar-refractivity contribution in [3.63, 3.8) is 0 Å². The highest BCUT2D eigenvalue weighted by Gasteiger charge is 2.21. The van der Waals surface area contributed by atoms with E-state index in [4.69, 9.17) is 4.74 Å². The summed E-state index contributed by atoms with van der Waals surface area (Å²) in [6.45, 7) is 1.94. The van der Waals surface area contributed by atoms with Crippen molar-refractivity contribution in [2.45, 2.75) is 6.92 Å². The Kier molecular flexibility index (Phi) is 3.19. The Balaban J connectivity index is 2.19. The number of hydrogen-bond acceptors (Lipinski definition) is 5. The van der Waals surface area contributed by atoms with Crippen LogP contribution in [-0.2, 0) is 4.74 Å². The molecule has 20 heavy (non-hydrogen) atoms. The molecule has 2 aromatic heterocycles. The van der Waals surface area contributed by atoms with Crippen molar-refractivity contribution in [3.8, 4) is 11.3 Å². The molecule has 0 saturated heterocycles. The molecule has 5 nitrogen and oxygen atoms in total. The number of ether oxygens (including phenoxy) is 1. The van der Waals surface area contributed by atoms with E-state index in [1.54, 1.807) is 6.92 Å². The fourth-order valence-electron chi connectivity index (χ4n) is 1.98. The number of rotatable bonds is 3. The van der Waals surface area contributed by atoms with Crippen LogP contribution in [0.1, 0.15) is 17.4 Å². The third kappa shape index (κ3) is 2.05. The summed E-state index contributed by atoms with van der Waals surface area (Å²) < 4.78 is 19.5. The molecule has 0 saturated carbocycles. The van der Waals surface area contributed by atoms with Gasteiger partial charge in [0.25, 0.3) is 0 Å². The second-order valence-corrected chi connectivity index (χ2v) is 4.95. The molecule has 0 aliphatic rings. The van der Waals surface area contributed by atoms with Crippen molar-refractivity contribution >= 4 is 27.4 Å². The van der Waals surface area contributed by atoms with Gasteiger partial charge in [0.05, 0.1) is 6.61 Å². The summed E-state index contributed by atoms with van der Waals surface area (Å²) in [6.07, 6.45) is 0. The van der Waals surface area contributed by atoms with Crippen LogP contribution in [0, 0.1) is 5.82 Å². The topological polar surface area (TPSA) is 67.9 Å². The summed E-state index contributed by atoms with van der Waals surface area (Å²) in [5.74, 6) is -0.964. The Labute approximate surface area is 117 Å². The van der Waals surface area contributed by atoms with Crippen LogP contribution >= 0.6 is 11.3 Å². The van der Waals surface area contributed by atoms with Gasteiger partial charge in [-0.15, -0.1) is 16.4 Å². The fraction of sp³-hybridized carbons (Fsp3) is 0.154. The van der Waals surface area contributed by atoms with Gasteiger partial charge in [0.1, 0.15) is 11.5 Å². The van der Waals surface area contributed by atoms with Crippen LogP contribution in [0.3, 0.4) is 0 Å². The van der Waals surface area contributed by atoms with Crippen LogP contribution in [-0.4, -0.2) is 28.0 Å². The maximum atomic E-state index is 13.7. The van der Waals surface area contributed by atoms with Gasteiger partial charge in [0, 0.05) is 10.3 Å². The minimum Gasteiger partial charge on any atom is -0.461 e. The van der Waals surface area contributed by atoms with Gasteiger partial charge < -0.3 is 4.74 Å². The maximum Gasteiger partial charge on any atom is 0.361 e. The van der Waals surface area contributed by atoms with Crippen molar-refractivity contribution in [1.29, 1.82) is 0 Å². The molecule has 0 bridgehead atoms. The highest BCUT2D eigenvalue weighted by atomic mass is 32.1. The highest BCUT2D eigenvalue weighted by molar-refractivity contribution is 7.17. The van der Waals surface area contributed by atoms with Gasteiger partial charge in [-0.25, -0.2) is 9.18 Å². The van der Waals surface area contributed by atoms with E-state index in [2.05, 4.69) is 15.4 Å². The second-order valence-electron chi connectivity index (χ2n) is 4.03. The largest absolute Gasteiger partial charge is 0.461 e. The normalized spacial score (nSPS) is 10.9. The highest BCUT2D eigenvalue weighted by Crippen LogP contribution is 2.33. The molecule has 0 aliphatic heterocycles. The summed E-state index contributed by atoms with van der Waals surface area (Å²) in [6, 6.07) is 4.61. The molecule has 2 heterocycles. The number of aromatic amines is 1. The molecule has 0 radical (unpaired) electrons. The summed E-state index contributed by atoms with van der Waals surface area (Å²) in [4.78, 5) is 11.8. The molecule has 0 unspecified atom stereocenters. The summed E-state index contributed by atoms with van der Waals surface area (Å²) in [7, 11) is 0. The number of H-pyrrole nitrogens is 1. The van der Waals surface area contributed by atoms with Crippen molar-refractivity contribution in [2.24, 2.45) is 0 Å². The standard InChI is InChI=1S/C13H10FN3O2S/c1-2-19-13(18)11-10(15-17-16-11)9-6-8(14)5-7-3-4-20-12(7)9/h3-6H,2H2,1H3,(H,15,16,17). The lowest BCUT2D eigenvalue weighted by Crippen LogP contribution is -2.06. The lowest BCUT2D eigenvalue weighted by atomic mass is 10.1. The number of aromatic nitrogens is 3. The summed E-state index contributed by atoms with van der Waals surface area (Å²) in [5, 5.41) is 12.8. The average Bonchev–Trinajstić information content (AvgIpc) is 3.06. The number of nitrogens with one attached hydrogen (secondary N) is 1.